The molecule has 0 atom stereocenters. The molecule has 1 heterocycles. The average Bonchev–Trinajstić information content (AvgIpc) is 2.97. The molecular formula is C15H16F5N3O2. The highest BCUT2D eigenvalue weighted by Crippen LogP contribution is 2.34. The predicted molar refractivity (Wildman–Crippen MR) is 79.4 cm³/mol. The van der Waals surface area contributed by atoms with Gasteiger partial charge >= 0.3 is 6.18 Å². The zero-order chi connectivity index (χ0) is 18.8. The van der Waals surface area contributed by atoms with Gasteiger partial charge in [-0.25, -0.2) is 8.78 Å². The van der Waals surface area contributed by atoms with Crippen LogP contribution in [0.15, 0.2) is 18.2 Å². The fourth-order valence-corrected chi connectivity index (χ4v) is 2.37. The van der Waals surface area contributed by atoms with Gasteiger partial charge in [0.05, 0.1) is 18.7 Å². The summed E-state index contributed by atoms with van der Waals surface area (Å²) in [6.45, 7) is -1.88. The summed E-state index contributed by atoms with van der Waals surface area (Å²) in [6.07, 6.45) is -4.07. The molecular weight excluding hydrogens is 349 g/mol. The van der Waals surface area contributed by atoms with E-state index in [0.29, 0.717) is 12.5 Å². The minimum Gasteiger partial charge on any atom is -0.346 e. The Morgan fingerprint density at radius 3 is 2.40 bits per heavy atom. The van der Waals surface area contributed by atoms with E-state index >= 15 is 0 Å². The SMILES string of the molecule is NCC(F)(F)CNC(=O)c1cc(N2CCCC2=O)cc(C(F)(F)F)c1. The van der Waals surface area contributed by atoms with E-state index in [9.17, 15) is 31.5 Å². The summed E-state index contributed by atoms with van der Waals surface area (Å²) in [7, 11) is 0. The normalized spacial score (nSPS) is 15.6. The quantitative estimate of drug-likeness (QED) is 0.786. The maximum atomic E-state index is 13.1. The van der Waals surface area contributed by atoms with Gasteiger partial charge in [0.2, 0.25) is 5.91 Å². The van der Waals surface area contributed by atoms with Crippen LogP contribution in [0.1, 0.15) is 28.8 Å². The van der Waals surface area contributed by atoms with Crippen molar-refractivity contribution in [2.45, 2.75) is 24.9 Å². The zero-order valence-electron chi connectivity index (χ0n) is 13.0. The molecule has 0 spiro atoms. The third-order valence-electron chi connectivity index (χ3n) is 3.70. The molecule has 0 saturated carbocycles. The summed E-state index contributed by atoms with van der Waals surface area (Å²) in [4.78, 5) is 24.9. The number of halogens is 5. The third kappa shape index (κ3) is 4.65. The van der Waals surface area contributed by atoms with E-state index in [-0.39, 0.29) is 24.6 Å². The zero-order valence-corrected chi connectivity index (χ0v) is 13.0. The first kappa shape index (κ1) is 19.1. The molecule has 3 N–H and O–H groups in total. The minimum atomic E-state index is -4.75. The van der Waals surface area contributed by atoms with Crippen LogP contribution in [0.2, 0.25) is 0 Å². The van der Waals surface area contributed by atoms with Gasteiger partial charge in [0.1, 0.15) is 0 Å². The summed E-state index contributed by atoms with van der Waals surface area (Å²) >= 11 is 0. The smallest absolute Gasteiger partial charge is 0.346 e. The number of alkyl halides is 5. The lowest BCUT2D eigenvalue weighted by atomic mass is 10.1. The van der Waals surface area contributed by atoms with E-state index in [0.717, 1.165) is 17.0 Å². The van der Waals surface area contributed by atoms with Gasteiger partial charge in [-0.3, -0.25) is 9.59 Å². The number of nitrogens with zero attached hydrogens (tertiary/aromatic N) is 1. The number of nitrogens with two attached hydrogens (primary N) is 1. The van der Waals surface area contributed by atoms with Crippen molar-refractivity contribution < 1.29 is 31.5 Å². The first-order valence-corrected chi connectivity index (χ1v) is 7.42. The number of rotatable bonds is 5. The molecule has 5 nitrogen and oxygen atoms in total. The van der Waals surface area contributed by atoms with Crippen molar-refractivity contribution in [3.8, 4) is 0 Å². The largest absolute Gasteiger partial charge is 0.416 e. The molecule has 0 aliphatic carbocycles. The standard InChI is InChI=1S/C15H16F5N3O2/c16-14(17,7-21)8-22-13(25)9-4-10(15(18,19)20)6-11(5-9)23-3-1-2-12(23)24/h4-6H,1-3,7-8,21H2,(H,22,25). The molecule has 10 heteroatoms. The topological polar surface area (TPSA) is 75.4 Å². The third-order valence-corrected chi connectivity index (χ3v) is 3.70. The molecule has 138 valence electrons. The second kappa shape index (κ2) is 6.95. The number of hydrogen-bond acceptors (Lipinski definition) is 3. The number of amides is 2. The molecule has 0 aromatic heterocycles. The Kier molecular flexibility index (Phi) is 5.31. The van der Waals surface area contributed by atoms with Crippen LogP contribution in [0, 0.1) is 0 Å². The van der Waals surface area contributed by atoms with Crippen LogP contribution < -0.4 is 16.0 Å². The fraction of sp³-hybridized carbons (Fsp3) is 0.467. The molecule has 1 fully saturated rings. The molecule has 1 aliphatic heterocycles. The second-order valence-corrected chi connectivity index (χ2v) is 5.66. The highest BCUT2D eigenvalue weighted by molar-refractivity contribution is 5.99. The maximum Gasteiger partial charge on any atom is 0.416 e. The summed E-state index contributed by atoms with van der Waals surface area (Å²) in [6, 6.07) is 2.39. The van der Waals surface area contributed by atoms with Crippen LogP contribution in [0.3, 0.4) is 0 Å². The molecule has 1 saturated heterocycles. The minimum absolute atomic E-state index is 0.0898. The van der Waals surface area contributed by atoms with Crippen molar-refractivity contribution in [2.24, 2.45) is 5.73 Å². The van der Waals surface area contributed by atoms with Gasteiger partial charge in [-0.15, -0.1) is 0 Å². The molecule has 1 aromatic rings. The van der Waals surface area contributed by atoms with Crippen LogP contribution in [-0.4, -0.2) is 37.4 Å². The Morgan fingerprint density at radius 2 is 1.88 bits per heavy atom. The van der Waals surface area contributed by atoms with E-state index in [2.05, 4.69) is 0 Å². The Labute approximate surface area is 140 Å². The predicted octanol–water partition coefficient (Wildman–Crippen LogP) is 2.16. The van der Waals surface area contributed by atoms with Crippen LogP contribution in [-0.2, 0) is 11.0 Å². The van der Waals surface area contributed by atoms with Gasteiger partial charge < -0.3 is 16.0 Å². The second-order valence-electron chi connectivity index (χ2n) is 5.66. The summed E-state index contributed by atoms with van der Waals surface area (Å²) in [5, 5.41) is 1.86. The van der Waals surface area contributed by atoms with Crippen LogP contribution in [0.5, 0.6) is 0 Å². The monoisotopic (exact) mass is 365 g/mol. The van der Waals surface area contributed by atoms with E-state index in [1.54, 1.807) is 0 Å². The summed E-state index contributed by atoms with van der Waals surface area (Å²) in [5.74, 6) is -4.84. The van der Waals surface area contributed by atoms with Gasteiger partial charge in [0.25, 0.3) is 11.8 Å². The summed E-state index contributed by atoms with van der Waals surface area (Å²) < 4.78 is 65.4. The number of benzene rings is 1. The number of nitrogens with one attached hydrogen (secondary N) is 1. The Balaban J connectivity index is 2.33. The van der Waals surface area contributed by atoms with Crippen molar-refractivity contribution in [2.75, 3.05) is 24.5 Å². The van der Waals surface area contributed by atoms with Gasteiger partial charge in [-0.2, -0.15) is 13.2 Å². The molecule has 0 bridgehead atoms. The average molecular weight is 365 g/mol. The highest BCUT2D eigenvalue weighted by Gasteiger charge is 2.34. The molecule has 1 aromatic carbocycles. The van der Waals surface area contributed by atoms with Crippen molar-refractivity contribution >= 4 is 17.5 Å². The lowest BCUT2D eigenvalue weighted by Crippen LogP contribution is -2.41. The number of anilines is 1. The molecule has 2 amide bonds. The van der Waals surface area contributed by atoms with Gasteiger partial charge in [-0.1, -0.05) is 0 Å². The molecule has 2 rings (SSSR count). The van der Waals surface area contributed by atoms with Gasteiger partial charge in [-0.05, 0) is 24.6 Å². The molecule has 0 radical (unpaired) electrons. The summed E-state index contributed by atoms with van der Waals surface area (Å²) in [5.41, 5.74) is 3.15. The van der Waals surface area contributed by atoms with E-state index in [1.807, 2.05) is 5.32 Å². The molecule has 1 aliphatic rings. The van der Waals surface area contributed by atoms with Crippen LogP contribution in [0.25, 0.3) is 0 Å². The lowest BCUT2D eigenvalue weighted by molar-refractivity contribution is -0.137. The Morgan fingerprint density at radius 1 is 1.20 bits per heavy atom. The molecule has 0 unspecified atom stereocenters. The van der Waals surface area contributed by atoms with E-state index in [4.69, 9.17) is 5.73 Å². The Bertz CT molecular complexity index is 676. The van der Waals surface area contributed by atoms with Gasteiger partial charge in [0, 0.05) is 24.2 Å². The Hall–Kier alpha value is -2.23. The van der Waals surface area contributed by atoms with Crippen LogP contribution >= 0.6 is 0 Å². The van der Waals surface area contributed by atoms with Gasteiger partial charge in [0.15, 0.2) is 0 Å². The van der Waals surface area contributed by atoms with Crippen molar-refractivity contribution in [3.05, 3.63) is 29.3 Å². The first-order chi connectivity index (χ1) is 11.5. The first-order valence-electron chi connectivity index (χ1n) is 7.42. The van der Waals surface area contributed by atoms with Crippen LogP contribution in [0.4, 0.5) is 27.6 Å². The van der Waals surface area contributed by atoms with Crippen molar-refractivity contribution in [1.29, 1.82) is 0 Å². The highest BCUT2D eigenvalue weighted by atomic mass is 19.4. The fourth-order valence-electron chi connectivity index (χ4n) is 2.37. The van der Waals surface area contributed by atoms with Crippen molar-refractivity contribution in [1.82, 2.24) is 5.32 Å². The van der Waals surface area contributed by atoms with E-state index < -0.39 is 42.2 Å². The number of carbonyl (C=O) groups is 2. The lowest BCUT2D eigenvalue weighted by Gasteiger charge is -2.20. The number of carbonyl (C=O) groups excluding carboxylic acids is 2. The van der Waals surface area contributed by atoms with Crippen molar-refractivity contribution in [3.63, 3.8) is 0 Å². The maximum absolute atomic E-state index is 13.1. The van der Waals surface area contributed by atoms with E-state index in [1.165, 1.54) is 0 Å². The number of hydrogen-bond donors (Lipinski definition) is 2. The molecule has 25 heavy (non-hydrogen) atoms.